The molecule has 18 heavy (non-hydrogen) atoms. The Bertz CT molecular complexity index is 291. The maximum atomic E-state index is 11.8. The van der Waals surface area contributed by atoms with Crippen molar-refractivity contribution in [3.8, 4) is 0 Å². The van der Waals surface area contributed by atoms with E-state index in [0.717, 1.165) is 38.7 Å². The zero-order chi connectivity index (χ0) is 13.0. The van der Waals surface area contributed by atoms with E-state index in [1.807, 2.05) is 0 Å². The molecular weight excluding hydrogens is 234 g/mol. The molecule has 3 atom stereocenters. The van der Waals surface area contributed by atoms with Gasteiger partial charge in [-0.1, -0.05) is 6.42 Å². The third kappa shape index (κ3) is 2.84. The van der Waals surface area contributed by atoms with Gasteiger partial charge in [-0.05, 0) is 31.6 Å². The fourth-order valence-electron chi connectivity index (χ4n) is 2.98. The second-order valence-corrected chi connectivity index (χ2v) is 5.27. The van der Waals surface area contributed by atoms with E-state index < -0.39 is 5.54 Å². The number of carbonyl (C=O) groups excluding carboxylic acids is 1. The minimum absolute atomic E-state index is 0.173. The minimum atomic E-state index is -0.801. The van der Waals surface area contributed by atoms with Gasteiger partial charge in [0.2, 0.25) is 0 Å². The van der Waals surface area contributed by atoms with Crippen molar-refractivity contribution < 1.29 is 19.0 Å². The molecule has 2 rings (SSSR count). The van der Waals surface area contributed by atoms with Crippen LogP contribution in [0.3, 0.4) is 0 Å². The van der Waals surface area contributed by atoms with E-state index in [4.69, 9.17) is 19.9 Å². The molecular formula is C13H23NO4. The SMILES string of the molecule is COC(=O)C1(N)CCCC1CCOC1CCOC1. The molecule has 0 amide bonds. The average Bonchev–Trinajstić information content (AvgIpc) is 3.00. The van der Waals surface area contributed by atoms with Crippen molar-refractivity contribution in [1.82, 2.24) is 0 Å². The molecule has 5 nitrogen and oxygen atoms in total. The summed E-state index contributed by atoms with van der Waals surface area (Å²) in [6, 6.07) is 0. The fraction of sp³-hybridized carbons (Fsp3) is 0.923. The Morgan fingerprint density at radius 2 is 2.33 bits per heavy atom. The number of rotatable bonds is 5. The number of nitrogens with two attached hydrogens (primary N) is 1. The molecule has 2 aliphatic rings. The van der Waals surface area contributed by atoms with Crippen molar-refractivity contribution in [1.29, 1.82) is 0 Å². The number of ether oxygens (including phenoxy) is 3. The van der Waals surface area contributed by atoms with Gasteiger partial charge in [0.1, 0.15) is 5.54 Å². The number of hydrogen-bond acceptors (Lipinski definition) is 5. The third-order valence-electron chi connectivity index (χ3n) is 4.14. The molecule has 0 spiro atoms. The van der Waals surface area contributed by atoms with Crippen LogP contribution in [-0.2, 0) is 19.0 Å². The molecule has 0 aromatic heterocycles. The van der Waals surface area contributed by atoms with Gasteiger partial charge in [0.15, 0.2) is 0 Å². The van der Waals surface area contributed by atoms with Gasteiger partial charge in [0, 0.05) is 13.2 Å². The maximum absolute atomic E-state index is 11.8. The van der Waals surface area contributed by atoms with E-state index in [0.29, 0.717) is 13.2 Å². The van der Waals surface area contributed by atoms with E-state index in [-0.39, 0.29) is 18.0 Å². The van der Waals surface area contributed by atoms with E-state index in [1.165, 1.54) is 7.11 Å². The molecule has 1 aliphatic heterocycles. The second-order valence-electron chi connectivity index (χ2n) is 5.27. The van der Waals surface area contributed by atoms with Crippen LogP contribution in [0.2, 0.25) is 0 Å². The number of carbonyl (C=O) groups is 1. The lowest BCUT2D eigenvalue weighted by Gasteiger charge is -2.28. The van der Waals surface area contributed by atoms with Gasteiger partial charge in [-0.3, -0.25) is 4.79 Å². The zero-order valence-electron chi connectivity index (χ0n) is 11.0. The minimum Gasteiger partial charge on any atom is -0.468 e. The summed E-state index contributed by atoms with van der Waals surface area (Å²) in [7, 11) is 1.40. The third-order valence-corrected chi connectivity index (χ3v) is 4.14. The topological polar surface area (TPSA) is 70.8 Å². The van der Waals surface area contributed by atoms with Crippen molar-refractivity contribution in [2.24, 2.45) is 11.7 Å². The highest BCUT2D eigenvalue weighted by atomic mass is 16.5. The van der Waals surface area contributed by atoms with Crippen LogP contribution in [0.4, 0.5) is 0 Å². The molecule has 0 radical (unpaired) electrons. The lowest BCUT2D eigenvalue weighted by Crippen LogP contribution is -2.52. The Kier molecular flexibility index (Phi) is 4.59. The molecule has 1 heterocycles. The standard InChI is InChI=1S/C13H23NO4/c1-16-12(15)13(14)6-2-3-10(13)4-8-18-11-5-7-17-9-11/h10-11H,2-9,14H2,1H3. The molecule has 2 fully saturated rings. The summed E-state index contributed by atoms with van der Waals surface area (Å²) in [4.78, 5) is 11.8. The van der Waals surface area contributed by atoms with Crippen molar-refractivity contribution >= 4 is 5.97 Å². The van der Waals surface area contributed by atoms with Crippen molar-refractivity contribution in [2.45, 2.75) is 43.7 Å². The van der Waals surface area contributed by atoms with Gasteiger partial charge in [0.25, 0.3) is 0 Å². The monoisotopic (exact) mass is 257 g/mol. The Morgan fingerprint density at radius 3 is 3.00 bits per heavy atom. The first-order valence-corrected chi connectivity index (χ1v) is 6.73. The summed E-state index contributed by atoms with van der Waals surface area (Å²) >= 11 is 0. The van der Waals surface area contributed by atoms with Crippen LogP contribution in [0.25, 0.3) is 0 Å². The van der Waals surface area contributed by atoms with Gasteiger partial charge in [-0.15, -0.1) is 0 Å². The summed E-state index contributed by atoms with van der Waals surface area (Å²) in [6.45, 7) is 2.13. The molecule has 104 valence electrons. The highest BCUT2D eigenvalue weighted by Gasteiger charge is 2.46. The first-order chi connectivity index (χ1) is 8.66. The van der Waals surface area contributed by atoms with E-state index in [1.54, 1.807) is 0 Å². The lowest BCUT2D eigenvalue weighted by atomic mass is 9.86. The molecule has 2 N–H and O–H groups in total. The molecule has 1 saturated heterocycles. The fourth-order valence-corrected chi connectivity index (χ4v) is 2.98. The summed E-state index contributed by atoms with van der Waals surface area (Å²) in [6.07, 6.45) is 4.70. The van der Waals surface area contributed by atoms with Crippen molar-refractivity contribution in [3.05, 3.63) is 0 Å². The largest absolute Gasteiger partial charge is 0.468 e. The first-order valence-electron chi connectivity index (χ1n) is 6.73. The molecule has 0 aromatic rings. The molecule has 3 unspecified atom stereocenters. The van der Waals surface area contributed by atoms with Gasteiger partial charge in [-0.25, -0.2) is 0 Å². The Morgan fingerprint density at radius 1 is 1.50 bits per heavy atom. The maximum Gasteiger partial charge on any atom is 0.326 e. The van der Waals surface area contributed by atoms with Gasteiger partial charge < -0.3 is 19.9 Å². The predicted molar refractivity (Wildman–Crippen MR) is 66.1 cm³/mol. The van der Waals surface area contributed by atoms with Crippen LogP contribution in [-0.4, -0.2) is 44.5 Å². The van der Waals surface area contributed by atoms with Crippen LogP contribution in [0.15, 0.2) is 0 Å². The van der Waals surface area contributed by atoms with Crippen LogP contribution < -0.4 is 5.73 Å². The second kappa shape index (κ2) is 5.99. The van der Waals surface area contributed by atoms with Gasteiger partial charge in [-0.2, -0.15) is 0 Å². The Hall–Kier alpha value is -0.650. The molecule has 5 heteroatoms. The van der Waals surface area contributed by atoms with Crippen LogP contribution >= 0.6 is 0 Å². The van der Waals surface area contributed by atoms with Gasteiger partial charge >= 0.3 is 5.97 Å². The molecule has 1 aliphatic carbocycles. The van der Waals surface area contributed by atoms with E-state index in [2.05, 4.69) is 0 Å². The first kappa shape index (κ1) is 13.8. The lowest BCUT2D eigenvalue weighted by molar-refractivity contribution is -0.148. The van der Waals surface area contributed by atoms with Gasteiger partial charge in [0.05, 0.1) is 19.8 Å². The molecule has 0 bridgehead atoms. The molecule has 1 saturated carbocycles. The van der Waals surface area contributed by atoms with Crippen molar-refractivity contribution in [3.63, 3.8) is 0 Å². The van der Waals surface area contributed by atoms with Crippen LogP contribution in [0.1, 0.15) is 32.1 Å². The number of esters is 1. The molecule has 0 aromatic carbocycles. The quantitative estimate of drug-likeness (QED) is 0.739. The Balaban J connectivity index is 1.78. The summed E-state index contributed by atoms with van der Waals surface area (Å²) in [5.74, 6) is -0.110. The summed E-state index contributed by atoms with van der Waals surface area (Å²) in [5, 5.41) is 0. The van der Waals surface area contributed by atoms with Crippen LogP contribution in [0, 0.1) is 5.92 Å². The summed E-state index contributed by atoms with van der Waals surface area (Å²) < 4.78 is 15.8. The van der Waals surface area contributed by atoms with Crippen molar-refractivity contribution in [2.75, 3.05) is 26.9 Å². The average molecular weight is 257 g/mol. The Labute approximate surface area is 108 Å². The van der Waals surface area contributed by atoms with Crippen LogP contribution in [0.5, 0.6) is 0 Å². The predicted octanol–water partition coefficient (Wildman–Crippen LogP) is 0.853. The zero-order valence-corrected chi connectivity index (χ0v) is 11.0. The normalized spacial score (nSPS) is 35.9. The highest BCUT2D eigenvalue weighted by Crippen LogP contribution is 2.37. The summed E-state index contributed by atoms with van der Waals surface area (Å²) in [5.41, 5.74) is 5.40. The number of hydrogen-bond donors (Lipinski definition) is 1. The van der Waals surface area contributed by atoms with E-state index in [9.17, 15) is 4.79 Å². The smallest absolute Gasteiger partial charge is 0.326 e. The van der Waals surface area contributed by atoms with E-state index >= 15 is 0 Å². The highest BCUT2D eigenvalue weighted by molar-refractivity contribution is 5.81. The number of methoxy groups -OCH3 is 1.